The fourth-order valence-corrected chi connectivity index (χ4v) is 7.50. The maximum atomic E-state index is 12.8. The van der Waals surface area contributed by atoms with E-state index in [9.17, 15) is 45.7 Å². The molecule has 0 radical (unpaired) electrons. The zero-order valence-corrected chi connectivity index (χ0v) is 23.2. The highest BCUT2D eigenvalue weighted by atomic mass is 32.2. The summed E-state index contributed by atoms with van der Waals surface area (Å²) in [5.74, 6) is -3.95. The molecule has 3 aliphatic heterocycles. The minimum absolute atomic E-state index is 0.00265. The molecule has 6 rings (SSSR count). The number of carbonyl (C=O) groups is 2. The number of hydrogen-bond acceptors (Lipinski definition) is 9. The van der Waals surface area contributed by atoms with E-state index < -0.39 is 59.0 Å². The summed E-state index contributed by atoms with van der Waals surface area (Å²) in [6.45, 7) is 0.702. The van der Waals surface area contributed by atoms with Crippen molar-refractivity contribution in [2.75, 3.05) is 18.4 Å². The fourth-order valence-electron chi connectivity index (χ4n) is 5.82. The number of ether oxygens (including phenoxy) is 1. The maximum Gasteiger partial charge on any atom is 0.336 e. The van der Waals surface area contributed by atoms with Gasteiger partial charge >= 0.3 is 22.1 Å². The van der Waals surface area contributed by atoms with E-state index >= 15 is 0 Å². The van der Waals surface area contributed by atoms with Crippen molar-refractivity contribution in [2.45, 2.75) is 35.5 Å². The summed E-state index contributed by atoms with van der Waals surface area (Å²) in [4.78, 5) is 25.5. The number of fused-ring (bicyclic) bond motifs is 4. The zero-order valence-electron chi connectivity index (χ0n) is 21.6. The minimum Gasteiger partial charge on any atom is -0.744 e. The first-order chi connectivity index (χ1) is 19.8. The van der Waals surface area contributed by atoms with E-state index in [1.807, 2.05) is 0 Å². The van der Waals surface area contributed by atoms with Gasteiger partial charge in [0.05, 0.1) is 16.8 Å². The summed E-state index contributed by atoms with van der Waals surface area (Å²) < 4.78 is 80.1. The molecule has 15 heteroatoms. The Labute approximate surface area is 238 Å². The normalized spacial score (nSPS) is 15.6. The number of aryl methyl sites for hydroxylation is 2. The van der Waals surface area contributed by atoms with Gasteiger partial charge in [0.2, 0.25) is 10.3 Å². The van der Waals surface area contributed by atoms with E-state index in [0.29, 0.717) is 49.9 Å². The summed E-state index contributed by atoms with van der Waals surface area (Å²) in [5.41, 5.74) is -0.0132. The van der Waals surface area contributed by atoms with Crippen molar-refractivity contribution in [3.05, 3.63) is 74.3 Å². The highest BCUT2D eigenvalue weighted by Gasteiger charge is 2.37. The van der Waals surface area contributed by atoms with Crippen molar-refractivity contribution in [1.29, 1.82) is 0 Å². The van der Waals surface area contributed by atoms with Crippen LogP contribution >= 0.6 is 0 Å². The smallest absolute Gasteiger partial charge is 0.336 e. The molecule has 13 nitrogen and oxygen atoms in total. The Balaban J connectivity index is 1.89. The van der Waals surface area contributed by atoms with Crippen molar-refractivity contribution >= 4 is 43.4 Å². The molecule has 0 fully saturated rings. The molecule has 5 N–H and O–H groups in total. The Kier molecular flexibility index (Phi) is 6.38. The molecule has 3 aromatic carbocycles. The molecule has 3 heterocycles. The van der Waals surface area contributed by atoms with E-state index in [2.05, 4.69) is 10.3 Å². The van der Waals surface area contributed by atoms with Crippen LogP contribution in [-0.4, -0.2) is 61.2 Å². The molecule has 0 saturated carbocycles. The van der Waals surface area contributed by atoms with Gasteiger partial charge in [-0.05, 0) is 54.7 Å². The van der Waals surface area contributed by atoms with Crippen molar-refractivity contribution in [1.82, 2.24) is 0 Å². The maximum absolute atomic E-state index is 12.8. The number of nitrogens with one attached hydrogen (secondary N) is 2. The van der Waals surface area contributed by atoms with E-state index in [1.165, 1.54) is 6.07 Å². The van der Waals surface area contributed by atoms with Crippen LogP contribution in [0.1, 0.15) is 55.8 Å². The third kappa shape index (κ3) is 4.41. The number of carboxylic acids is 2. The number of carboxylic acid groups (broad SMARTS) is 2. The van der Waals surface area contributed by atoms with E-state index in [0.717, 1.165) is 12.1 Å². The fraction of sp³-hybridized carbons (Fsp3) is 0.222. The average Bonchev–Trinajstić information content (AvgIpc) is 2.91. The Hall–Kier alpha value is -4.31. The standard InChI is InChI=1S/C27H22N2O11S2/c30-26(31)14-5-6-15(16(11-14)27(32)33)19-17-9-12-3-1-7-28-20(12)24(41(34,35)36)22(17)40-23-18(19)10-13-4-2-8-29-21(13)25(23)42(37,38)39/h5-6,9-11,28H,1-4,7-8H2,(H,30,31)(H,32,33)(H,34,35,36)(H,37,38,39). The molecule has 0 aliphatic carbocycles. The van der Waals surface area contributed by atoms with Crippen molar-refractivity contribution in [2.24, 2.45) is 0 Å². The van der Waals surface area contributed by atoms with Crippen LogP contribution in [0.2, 0.25) is 0 Å². The molecule has 0 atom stereocenters. The molecule has 0 unspecified atom stereocenters. The highest BCUT2D eigenvalue weighted by molar-refractivity contribution is 7.86. The van der Waals surface area contributed by atoms with E-state index in [4.69, 9.17) is 4.74 Å². The van der Waals surface area contributed by atoms with Crippen LogP contribution in [-0.2, 0) is 33.1 Å². The molecular formula is C27H22N2O11S2. The monoisotopic (exact) mass is 614 g/mol. The lowest BCUT2D eigenvalue weighted by Crippen LogP contribution is -2.80. The number of aromatic carboxylic acids is 2. The van der Waals surface area contributed by atoms with Crippen LogP contribution < -0.4 is 25.6 Å². The quantitative estimate of drug-likeness (QED) is 0.181. The van der Waals surface area contributed by atoms with Gasteiger partial charge in [0.25, 0.3) is 0 Å². The Morgan fingerprint density at radius 3 is 2.31 bits per heavy atom. The second-order valence-electron chi connectivity index (χ2n) is 10.1. The average molecular weight is 615 g/mol. The van der Waals surface area contributed by atoms with Gasteiger partial charge in [0.15, 0.2) is 11.5 Å². The van der Waals surface area contributed by atoms with Gasteiger partial charge in [-0.2, -0.15) is 8.42 Å². The molecular weight excluding hydrogens is 592 g/mol. The molecule has 3 aromatic rings. The van der Waals surface area contributed by atoms with Gasteiger partial charge in [-0.25, -0.2) is 23.0 Å². The topological polar surface area (TPSA) is 221 Å². The molecule has 0 saturated heterocycles. The summed E-state index contributed by atoms with van der Waals surface area (Å²) in [5, 5.41) is 22.6. The van der Waals surface area contributed by atoms with Gasteiger partial charge in [-0.15, -0.1) is 0 Å². The first-order valence-corrected chi connectivity index (χ1v) is 15.6. The summed E-state index contributed by atoms with van der Waals surface area (Å²) in [7, 11) is -10.3. The van der Waals surface area contributed by atoms with Crippen molar-refractivity contribution in [3.8, 4) is 11.5 Å². The van der Waals surface area contributed by atoms with Gasteiger partial charge in [0.1, 0.15) is 21.6 Å². The number of anilines is 1. The Morgan fingerprint density at radius 2 is 1.64 bits per heavy atom. The first kappa shape index (κ1) is 27.8. The predicted molar refractivity (Wildman–Crippen MR) is 142 cm³/mol. The molecule has 0 amide bonds. The van der Waals surface area contributed by atoms with Crippen LogP contribution in [0.5, 0.6) is 11.5 Å². The van der Waals surface area contributed by atoms with Crippen LogP contribution in [0, 0.1) is 0 Å². The lowest BCUT2D eigenvalue weighted by atomic mass is 9.86. The van der Waals surface area contributed by atoms with Crippen LogP contribution in [0.15, 0.2) is 40.1 Å². The molecule has 3 aliphatic rings. The van der Waals surface area contributed by atoms with Crippen LogP contribution in [0.4, 0.5) is 5.69 Å². The lowest BCUT2D eigenvalue weighted by Gasteiger charge is -2.30. The summed E-state index contributed by atoms with van der Waals surface area (Å²) >= 11 is 0. The van der Waals surface area contributed by atoms with E-state index in [1.54, 1.807) is 12.1 Å². The summed E-state index contributed by atoms with van der Waals surface area (Å²) in [6, 6.07) is 6.40. The SMILES string of the molecule is O=C(O)c1ccc(C2=c3cc4c(c(S(=O)(=O)O)c3Oc3c2cc2c(c3S(=O)(=O)[O-])NCCC2)=[NH+]CCC4)c(C(=O)O)c1. The van der Waals surface area contributed by atoms with Gasteiger partial charge in [-0.3, -0.25) is 4.55 Å². The third-order valence-corrected chi connectivity index (χ3v) is 9.30. The molecule has 0 aromatic heterocycles. The number of rotatable bonds is 5. The minimum atomic E-state index is -5.28. The Morgan fingerprint density at radius 1 is 0.905 bits per heavy atom. The Bertz CT molecular complexity index is 2100. The van der Waals surface area contributed by atoms with Crippen LogP contribution in [0.25, 0.3) is 5.57 Å². The van der Waals surface area contributed by atoms with Gasteiger partial charge in [0, 0.05) is 34.9 Å². The predicted octanol–water partition coefficient (Wildman–Crippen LogP) is -0.409. The van der Waals surface area contributed by atoms with Gasteiger partial charge in [-0.1, -0.05) is 6.07 Å². The molecule has 42 heavy (non-hydrogen) atoms. The summed E-state index contributed by atoms with van der Waals surface area (Å²) in [6.07, 6.45) is 1.95. The van der Waals surface area contributed by atoms with E-state index in [-0.39, 0.29) is 38.5 Å². The third-order valence-electron chi connectivity index (χ3n) is 7.50. The molecule has 218 valence electrons. The van der Waals surface area contributed by atoms with Crippen molar-refractivity contribution < 1.29 is 55.5 Å². The number of benzene rings is 3. The molecule has 0 spiro atoms. The molecule has 0 bridgehead atoms. The zero-order chi connectivity index (χ0) is 30.1. The van der Waals surface area contributed by atoms with Crippen LogP contribution in [0.3, 0.4) is 0 Å². The highest BCUT2D eigenvalue weighted by Crippen LogP contribution is 2.47. The lowest BCUT2D eigenvalue weighted by molar-refractivity contribution is -0.507. The van der Waals surface area contributed by atoms with Crippen molar-refractivity contribution in [3.63, 3.8) is 0 Å². The second-order valence-corrected chi connectivity index (χ2v) is 12.7. The second kappa shape index (κ2) is 9.62. The first-order valence-electron chi connectivity index (χ1n) is 12.7. The number of hydrogen-bond donors (Lipinski definition) is 5. The van der Waals surface area contributed by atoms with Gasteiger partial charge < -0.3 is 24.8 Å². The largest absolute Gasteiger partial charge is 0.744 e.